The lowest BCUT2D eigenvalue weighted by Crippen LogP contribution is -2.06. The molecule has 0 atom stereocenters. The number of rotatable bonds is 1. The van der Waals surface area contributed by atoms with Gasteiger partial charge in [0.1, 0.15) is 0 Å². The largest absolute Gasteiger partial charge is 0.436 e. The quantitative estimate of drug-likeness (QED) is 0.807. The molecule has 0 spiro atoms. The van der Waals surface area contributed by atoms with Gasteiger partial charge in [-0.1, -0.05) is 6.92 Å². The van der Waals surface area contributed by atoms with E-state index < -0.39 is 11.9 Å². The summed E-state index contributed by atoms with van der Waals surface area (Å²) in [5.74, 6) is 0. The van der Waals surface area contributed by atoms with Crippen LogP contribution >= 0.6 is 15.9 Å². The van der Waals surface area contributed by atoms with Crippen molar-refractivity contribution in [2.45, 2.75) is 19.5 Å². The third kappa shape index (κ3) is 1.63. The fraction of sp³-hybridized carbons (Fsp3) is 0.500. The molecule has 0 aliphatic carbocycles. The first kappa shape index (κ1) is 9.57. The Morgan fingerprint density at radius 2 is 2.08 bits per heavy atom. The van der Waals surface area contributed by atoms with Gasteiger partial charge in [-0.2, -0.15) is 18.3 Å². The number of H-pyrrole nitrogens is 1. The molecule has 0 bridgehead atoms. The van der Waals surface area contributed by atoms with Crippen LogP contribution in [0.3, 0.4) is 0 Å². The van der Waals surface area contributed by atoms with E-state index in [0.29, 0.717) is 12.1 Å². The molecule has 0 saturated heterocycles. The number of nitrogens with one attached hydrogen (secondary N) is 1. The average molecular weight is 243 g/mol. The lowest BCUT2D eigenvalue weighted by molar-refractivity contribution is -0.141. The first-order valence-electron chi connectivity index (χ1n) is 3.26. The van der Waals surface area contributed by atoms with Gasteiger partial charge >= 0.3 is 6.18 Å². The molecule has 0 unspecified atom stereocenters. The Hall–Kier alpha value is -0.520. The summed E-state index contributed by atoms with van der Waals surface area (Å²) >= 11 is 2.83. The number of hydrogen-bond acceptors (Lipinski definition) is 1. The maximum Gasteiger partial charge on any atom is 0.436 e. The van der Waals surface area contributed by atoms with Crippen LogP contribution in [0.25, 0.3) is 0 Å². The zero-order valence-electron chi connectivity index (χ0n) is 6.17. The molecule has 0 radical (unpaired) electrons. The van der Waals surface area contributed by atoms with Crippen LogP contribution in [0.1, 0.15) is 18.3 Å². The maximum atomic E-state index is 12.1. The first-order valence-corrected chi connectivity index (χ1v) is 4.06. The zero-order chi connectivity index (χ0) is 9.35. The minimum absolute atomic E-state index is 0.0116. The molecule has 1 heterocycles. The normalized spacial score (nSPS) is 12.1. The molecule has 6 heteroatoms. The van der Waals surface area contributed by atoms with E-state index in [1.165, 1.54) is 0 Å². The second-order valence-electron chi connectivity index (χ2n) is 2.22. The van der Waals surface area contributed by atoms with Crippen LogP contribution in [-0.4, -0.2) is 10.2 Å². The van der Waals surface area contributed by atoms with Crippen LogP contribution in [-0.2, 0) is 12.6 Å². The van der Waals surface area contributed by atoms with Gasteiger partial charge in [0.2, 0.25) is 0 Å². The van der Waals surface area contributed by atoms with Crippen molar-refractivity contribution in [2.24, 2.45) is 0 Å². The Kier molecular flexibility index (Phi) is 2.46. The van der Waals surface area contributed by atoms with Crippen LogP contribution in [0.4, 0.5) is 13.2 Å². The maximum absolute atomic E-state index is 12.1. The average Bonchev–Trinajstić information content (AvgIpc) is 2.29. The molecule has 68 valence electrons. The SMILES string of the molecule is CCc1[nH]nc(C(F)(F)F)c1Br. The molecular formula is C6H6BrF3N2. The highest BCUT2D eigenvalue weighted by molar-refractivity contribution is 9.10. The smallest absolute Gasteiger partial charge is 0.281 e. The van der Waals surface area contributed by atoms with Gasteiger partial charge < -0.3 is 0 Å². The second-order valence-corrected chi connectivity index (χ2v) is 3.01. The van der Waals surface area contributed by atoms with Crippen molar-refractivity contribution < 1.29 is 13.2 Å². The Morgan fingerprint density at radius 3 is 2.33 bits per heavy atom. The molecule has 0 aromatic carbocycles. The van der Waals surface area contributed by atoms with Gasteiger partial charge in [-0.05, 0) is 22.4 Å². The number of hydrogen-bond donors (Lipinski definition) is 1. The van der Waals surface area contributed by atoms with Crippen LogP contribution in [0.5, 0.6) is 0 Å². The summed E-state index contributed by atoms with van der Waals surface area (Å²) in [7, 11) is 0. The lowest BCUT2D eigenvalue weighted by atomic mass is 10.3. The minimum atomic E-state index is -4.39. The molecule has 0 saturated carbocycles. The molecule has 0 fully saturated rings. The Morgan fingerprint density at radius 1 is 1.50 bits per heavy atom. The van der Waals surface area contributed by atoms with Crippen molar-refractivity contribution in [1.82, 2.24) is 10.2 Å². The summed E-state index contributed by atoms with van der Waals surface area (Å²) in [6, 6.07) is 0. The van der Waals surface area contributed by atoms with E-state index in [1.54, 1.807) is 6.92 Å². The molecule has 1 aromatic rings. The molecule has 0 amide bonds. The van der Waals surface area contributed by atoms with E-state index in [9.17, 15) is 13.2 Å². The number of halogens is 4. The Bertz CT molecular complexity index is 279. The number of aryl methyl sites for hydroxylation is 1. The molecule has 0 aliphatic heterocycles. The molecule has 12 heavy (non-hydrogen) atoms. The predicted molar refractivity (Wildman–Crippen MR) is 40.7 cm³/mol. The van der Waals surface area contributed by atoms with E-state index in [1.807, 2.05) is 0 Å². The standard InChI is InChI=1S/C6H6BrF3N2/c1-2-3-4(7)5(12-11-3)6(8,9)10/h2H2,1H3,(H,11,12). The summed E-state index contributed by atoms with van der Waals surface area (Å²) in [6.45, 7) is 1.75. The third-order valence-corrected chi connectivity index (χ3v) is 2.25. The highest BCUT2D eigenvalue weighted by Crippen LogP contribution is 2.34. The van der Waals surface area contributed by atoms with Crippen molar-refractivity contribution in [3.8, 4) is 0 Å². The molecular weight excluding hydrogens is 237 g/mol. The number of aromatic amines is 1. The summed E-state index contributed by atoms with van der Waals surface area (Å²) in [5.41, 5.74) is -0.429. The van der Waals surface area contributed by atoms with E-state index in [-0.39, 0.29) is 4.47 Å². The van der Waals surface area contributed by atoms with Gasteiger partial charge in [0, 0.05) is 5.69 Å². The molecule has 0 aliphatic rings. The van der Waals surface area contributed by atoms with Crippen molar-refractivity contribution in [3.63, 3.8) is 0 Å². The zero-order valence-corrected chi connectivity index (χ0v) is 7.75. The fourth-order valence-electron chi connectivity index (χ4n) is 0.787. The van der Waals surface area contributed by atoms with Crippen LogP contribution < -0.4 is 0 Å². The molecule has 1 N–H and O–H groups in total. The Labute approximate surface area is 75.3 Å². The summed E-state index contributed by atoms with van der Waals surface area (Å²) in [4.78, 5) is 0. The topological polar surface area (TPSA) is 28.7 Å². The van der Waals surface area contributed by atoms with Gasteiger partial charge in [-0.25, -0.2) is 0 Å². The van der Waals surface area contributed by atoms with E-state index >= 15 is 0 Å². The number of nitrogens with zero attached hydrogens (tertiary/aromatic N) is 1. The first-order chi connectivity index (χ1) is 5.46. The minimum Gasteiger partial charge on any atom is -0.281 e. The van der Waals surface area contributed by atoms with Crippen molar-refractivity contribution in [3.05, 3.63) is 15.9 Å². The Balaban J connectivity index is 3.11. The molecule has 1 aromatic heterocycles. The van der Waals surface area contributed by atoms with Gasteiger partial charge in [-0.3, -0.25) is 5.10 Å². The summed E-state index contributed by atoms with van der Waals surface area (Å²) < 4.78 is 36.3. The second kappa shape index (κ2) is 3.08. The number of alkyl halides is 3. The lowest BCUT2D eigenvalue weighted by Gasteiger charge is -2.01. The van der Waals surface area contributed by atoms with Crippen molar-refractivity contribution in [2.75, 3.05) is 0 Å². The fourth-order valence-corrected chi connectivity index (χ4v) is 1.47. The van der Waals surface area contributed by atoms with Gasteiger partial charge in [0.25, 0.3) is 0 Å². The van der Waals surface area contributed by atoms with Crippen molar-refractivity contribution in [1.29, 1.82) is 0 Å². The predicted octanol–water partition coefficient (Wildman–Crippen LogP) is 2.75. The monoisotopic (exact) mass is 242 g/mol. The van der Waals surface area contributed by atoms with E-state index in [4.69, 9.17) is 0 Å². The van der Waals surface area contributed by atoms with Crippen LogP contribution in [0, 0.1) is 0 Å². The summed E-state index contributed by atoms with van der Waals surface area (Å²) in [5, 5.41) is 5.47. The third-order valence-electron chi connectivity index (χ3n) is 1.40. The van der Waals surface area contributed by atoms with E-state index in [0.717, 1.165) is 0 Å². The number of aromatic nitrogens is 2. The van der Waals surface area contributed by atoms with Crippen LogP contribution in [0.2, 0.25) is 0 Å². The molecule has 1 rings (SSSR count). The van der Waals surface area contributed by atoms with Crippen molar-refractivity contribution >= 4 is 15.9 Å². The van der Waals surface area contributed by atoms with E-state index in [2.05, 4.69) is 26.1 Å². The highest BCUT2D eigenvalue weighted by atomic mass is 79.9. The molecule has 2 nitrogen and oxygen atoms in total. The van der Waals surface area contributed by atoms with Gasteiger partial charge in [0.05, 0.1) is 4.47 Å². The van der Waals surface area contributed by atoms with Crippen LogP contribution in [0.15, 0.2) is 4.47 Å². The highest BCUT2D eigenvalue weighted by Gasteiger charge is 2.36. The van der Waals surface area contributed by atoms with Gasteiger partial charge in [0.15, 0.2) is 5.69 Å². The summed E-state index contributed by atoms with van der Waals surface area (Å²) in [6.07, 6.45) is -3.90. The van der Waals surface area contributed by atoms with Gasteiger partial charge in [-0.15, -0.1) is 0 Å².